The Morgan fingerprint density at radius 1 is 1.00 bits per heavy atom. The first-order valence-corrected chi connectivity index (χ1v) is 8.20. The van der Waals surface area contributed by atoms with Gasteiger partial charge in [-0.15, -0.1) is 0 Å². The molecule has 27 heavy (non-hydrogen) atoms. The van der Waals surface area contributed by atoms with E-state index in [2.05, 4.69) is 10.6 Å². The average molecular weight is 379 g/mol. The summed E-state index contributed by atoms with van der Waals surface area (Å²) in [4.78, 5) is 23.8. The first-order chi connectivity index (χ1) is 12.6. The molecular formula is C19H20F3N3O2. The molecule has 4 N–H and O–H groups in total. The van der Waals surface area contributed by atoms with E-state index in [1.54, 1.807) is 31.2 Å². The predicted molar refractivity (Wildman–Crippen MR) is 96.9 cm³/mol. The van der Waals surface area contributed by atoms with Gasteiger partial charge in [0.05, 0.1) is 22.9 Å². The van der Waals surface area contributed by atoms with Crippen LogP contribution >= 0.6 is 0 Å². The second kappa shape index (κ2) is 8.22. The molecule has 0 aromatic heterocycles. The van der Waals surface area contributed by atoms with E-state index in [4.69, 9.17) is 5.73 Å². The molecule has 0 radical (unpaired) electrons. The number of anilines is 2. The summed E-state index contributed by atoms with van der Waals surface area (Å²) in [5.41, 5.74) is 5.82. The molecule has 0 bridgehead atoms. The highest BCUT2D eigenvalue weighted by molar-refractivity contribution is 6.00. The molecule has 2 amide bonds. The third kappa shape index (κ3) is 5.30. The lowest BCUT2D eigenvalue weighted by Crippen LogP contribution is -2.31. The lowest BCUT2D eigenvalue weighted by atomic mass is 9.94. The van der Waals surface area contributed by atoms with Crippen LogP contribution in [-0.4, -0.2) is 11.8 Å². The van der Waals surface area contributed by atoms with Crippen molar-refractivity contribution in [2.75, 3.05) is 10.6 Å². The van der Waals surface area contributed by atoms with Gasteiger partial charge in [0.2, 0.25) is 11.8 Å². The highest BCUT2D eigenvalue weighted by Crippen LogP contribution is 2.34. The van der Waals surface area contributed by atoms with Crippen molar-refractivity contribution in [3.05, 3.63) is 59.7 Å². The molecular weight excluding hydrogens is 359 g/mol. The normalized spacial score (nSPS) is 13.6. The van der Waals surface area contributed by atoms with Crippen molar-refractivity contribution in [1.82, 2.24) is 0 Å². The summed E-state index contributed by atoms with van der Waals surface area (Å²) in [5.74, 6) is -1.75. The van der Waals surface area contributed by atoms with Crippen LogP contribution in [0.3, 0.4) is 0 Å². The first-order valence-electron chi connectivity index (χ1n) is 8.20. The smallest absolute Gasteiger partial charge is 0.325 e. The van der Waals surface area contributed by atoms with Gasteiger partial charge in [-0.3, -0.25) is 9.59 Å². The molecule has 2 aromatic rings. The first kappa shape index (κ1) is 20.4. The van der Waals surface area contributed by atoms with Crippen LogP contribution in [0.25, 0.3) is 0 Å². The monoisotopic (exact) mass is 379 g/mol. The molecule has 2 aromatic carbocycles. The Bertz CT molecular complexity index is 823. The molecule has 2 rings (SSSR count). The highest BCUT2D eigenvalue weighted by atomic mass is 19.4. The van der Waals surface area contributed by atoms with Gasteiger partial charge in [0.1, 0.15) is 0 Å². The van der Waals surface area contributed by atoms with Crippen molar-refractivity contribution < 1.29 is 22.8 Å². The van der Waals surface area contributed by atoms with Crippen LogP contribution in [0.4, 0.5) is 24.5 Å². The molecule has 0 saturated carbocycles. The van der Waals surface area contributed by atoms with E-state index in [0.717, 1.165) is 23.8 Å². The van der Waals surface area contributed by atoms with Crippen LogP contribution in [0.15, 0.2) is 48.5 Å². The van der Waals surface area contributed by atoms with Crippen LogP contribution in [0.1, 0.15) is 31.0 Å². The van der Waals surface area contributed by atoms with Crippen molar-refractivity contribution in [1.29, 1.82) is 0 Å². The number of benzene rings is 2. The zero-order valence-corrected chi connectivity index (χ0v) is 14.8. The molecule has 5 nitrogen and oxygen atoms in total. The van der Waals surface area contributed by atoms with Gasteiger partial charge in [0.25, 0.3) is 0 Å². The summed E-state index contributed by atoms with van der Waals surface area (Å²) in [6.45, 7) is 2.80. The average Bonchev–Trinajstić information content (AvgIpc) is 2.61. The summed E-state index contributed by atoms with van der Waals surface area (Å²) in [7, 11) is 0. The summed E-state index contributed by atoms with van der Waals surface area (Å²) < 4.78 is 39.0. The number of carbonyl (C=O) groups excluding carboxylic acids is 2. The molecule has 0 heterocycles. The van der Waals surface area contributed by atoms with Crippen molar-refractivity contribution >= 4 is 23.2 Å². The number of nitrogens with two attached hydrogens (primary N) is 1. The molecule has 0 fully saturated rings. The fourth-order valence-electron chi connectivity index (χ4n) is 2.50. The fraction of sp³-hybridized carbons (Fsp3) is 0.263. The number of hydrogen-bond donors (Lipinski definition) is 3. The van der Waals surface area contributed by atoms with E-state index in [0.29, 0.717) is 0 Å². The van der Waals surface area contributed by atoms with Gasteiger partial charge in [-0.25, -0.2) is 0 Å². The zero-order chi connectivity index (χ0) is 20.2. The Morgan fingerprint density at radius 2 is 1.63 bits per heavy atom. The largest absolute Gasteiger partial charge is 0.416 e. The number of carbonyl (C=O) groups is 2. The molecule has 2 unspecified atom stereocenters. The van der Waals surface area contributed by atoms with Gasteiger partial charge in [0, 0.05) is 13.0 Å². The van der Waals surface area contributed by atoms with Crippen LogP contribution in [0.5, 0.6) is 0 Å². The van der Waals surface area contributed by atoms with E-state index < -0.39 is 35.5 Å². The Kier molecular flexibility index (Phi) is 6.22. The Morgan fingerprint density at radius 3 is 2.19 bits per heavy atom. The van der Waals surface area contributed by atoms with Gasteiger partial charge in [-0.1, -0.05) is 37.3 Å². The van der Waals surface area contributed by atoms with E-state index in [1.807, 2.05) is 6.07 Å². The van der Waals surface area contributed by atoms with Crippen molar-refractivity contribution in [3.8, 4) is 0 Å². The van der Waals surface area contributed by atoms with Gasteiger partial charge < -0.3 is 16.4 Å². The number of rotatable bonds is 5. The summed E-state index contributed by atoms with van der Waals surface area (Å²) in [5, 5.41) is 4.85. The maximum Gasteiger partial charge on any atom is 0.416 e. The second-order valence-corrected chi connectivity index (χ2v) is 6.15. The summed E-state index contributed by atoms with van der Waals surface area (Å²) in [6.07, 6.45) is -4.58. The molecule has 144 valence electrons. The van der Waals surface area contributed by atoms with Gasteiger partial charge in [-0.2, -0.15) is 13.2 Å². The SMILES string of the molecule is CC(=O)Nc1ccc(C(F)(F)F)cc1NC(=O)C(C)C(N)c1ccccc1. The Labute approximate surface area is 154 Å². The minimum Gasteiger partial charge on any atom is -0.325 e. The number of halogens is 3. The van der Waals surface area contributed by atoms with Crippen molar-refractivity contribution in [3.63, 3.8) is 0 Å². The summed E-state index contributed by atoms with van der Waals surface area (Å²) in [6, 6.07) is 11.0. The van der Waals surface area contributed by atoms with E-state index >= 15 is 0 Å². The van der Waals surface area contributed by atoms with E-state index in [9.17, 15) is 22.8 Å². The predicted octanol–water partition coefficient (Wildman–Crippen LogP) is 3.94. The molecule has 0 spiro atoms. The maximum atomic E-state index is 13.0. The zero-order valence-electron chi connectivity index (χ0n) is 14.8. The molecule has 0 saturated heterocycles. The van der Waals surface area contributed by atoms with Crippen LogP contribution in [0, 0.1) is 5.92 Å². The molecule has 0 aliphatic heterocycles. The maximum absolute atomic E-state index is 13.0. The number of nitrogens with one attached hydrogen (secondary N) is 2. The van der Waals surface area contributed by atoms with E-state index in [1.165, 1.54) is 6.92 Å². The number of alkyl halides is 3. The van der Waals surface area contributed by atoms with Gasteiger partial charge >= 0.3 is 6.18 Å². The molecule has 8 heteroatoms. The van der Waals surface area contributed by atoms with E-state index in [-0.39, 0.29) is 11.4 Å². The van der Waals surface area contributed by atoms with Crippen LogP contribution < -0.4 is 16.4 Å². The van der Waals surface area contributed by atoms with Crippen LogP contribution in [0.2, 0.25) is 0 Å². The van der Waals surface area contributed by atoms with Gasteiger partial charge in [0.15, 0.2) is 0 Å². The lowest BCUT2D eigenvalue weighted by molar-refractivity contribution is -0.137. The number of hydrogen-bond acceptors (Lipinski definition) is 3. The third-order valence-electron chi connectivity index (χ3n) is 4.05. The lowest BCUT2D eigenvalue weighted by Gasteiger charge is -2.21. The quantitative estimate of drug-likeness (QED) is 0.736. The molecule has 0 aliphatic rings. The topological polar surface area (TPSA) is 84.2 Å². The van der Waals surface area contributed by atoms with Crippen molar-refractivity contribution in [2.24, 2.45) is 11.7 Å². The van der Waals surface area contributed by atoms with Crippen molar-refractivity contribution in [2.45, 2.75) is 26.1 Å². The minimum absolute atomic E-state index is 0.0735. The fourth-order valence-corrected chi connectivity index (χ4v) is 2.50. The van der Waals surface area contributed by atoms with Gasteiger partial charge in [-0.05, 0) is 23.8 Å². The summed E-state index contributed by atoms with van der Waals surface area (Å²) >= 11 is 0. The number of amides is 2. The second-order valence-electron chi connectivity index (χ2n) is 6.15. The van der Waals surface area contributed by atoms with Crippen LogP contribution in [-0.2, 0) is 15.8 Å². The third-order valence-corrected chi connectivity index (χ3v) is 4.05. The Hall–Kier alpha value is -2.87. The molecule has 2 atom stereocenters. The Balaban J connectivity index is 2.27. The standard InChI is InChI=1S/C19H20F3N3O2/c1-11(17(23)13-6-4-3-5-7-13)18(27)25-16-10-14(19(20,21)22)8-9-15(16)24-12(2)26/h3-11,17H,23H2,1-2H3,(H,24,26)(H,25,27). The molecule has 0 aliphatic carbocycles. The highest BCUT2D eigenvalue weighted by Gasteiger charge is 2.32. The minimum atomic E-state index is -4.58.